The second-order valence-corrected chi connectivity index (χ2v) is 8.11. The van der Waals surface area contributed by atoms with Gasteiger partial charge in [0, 0.05) is 12.1 Å². The summed E-state index contributed by atoms with van der Waals surface area (Å²) in [7, 11) is 0. The predicted octanol–water partition coefficient (Wildman–Crippen LogP) is 3.56. The maximum Gasteiger partial charge on any atom is 0.249 e. The van der Waals surface area contributed by atoms with Crippen LogP contribution in [-0.4, -0.2) is 30.2 Å². The molecule has 3 N–H and O–H groups in total. The first-order valence-electron chi connectivity index (χ1n) is 9.85. The molecule has 0 aliphatic heterocycles. The minimum absolute atomic E-state index is 0. The molecule has 3 unspecified atom stereocenters. The Morgan fingerprint density at radius 1 is 1.00 bits per heavy atom. The van der Waals surface area contributed by atoms with E-state index in [1.54, 1.807) is 0 Å². The third-order valence-corrected chi connectivity index (χ3v) is 6.25. The van der Waals surface area contributed by atoms with Crippen molar-refractivity contribution in [2.24, 2.45) is 17.6 Å². The first kappa shape index (κ1) is 20.0. The van der Waals surface area contributed by atoms with Crippen molar-refractivity contribution in [2.45, 2.75) is 102 Å². The second kappa shape index (κ2) is 9.40. The van der Waals surface area contributed by atoms with Gasteiger partial charge in [-0.2, -0.15) is 0 Å². The summed E-state index contributed by atoms with van der Waals surface area (Å²) in [6, 6.07) is 0.661. The van der Waals surface area contributed by atoms with E-state index in [0.29, 0.717) is 23.9 Å². The molecule has 3 saturated carbocycles. The minimum atomic E-state index is -0.325. The zero-order chi connectivity index (χ0) is 16.2. The van der Waals surface area contributed by atoms with Crippen molar-refractivity contribution in [3.8, 4) is 0 Å². The maximum atomic E-state index is 12.6. The molecule has 0 heterocycles. The van der Waals surface area contributed by atoms with Gasteiger partial charge in [-0.15, -0.1) is 12.4 Å². The Balaban J connectivity index is 0.00000208. The number of hydrogen-bond acceptors (Lipinski definition) is 3. The quantitative estimate of drug-likeness (QED) is 0.755. The van der Waals surface area contributed by atoms with E-state index in [1.165, 1.54) is 44.9 Å². The molecule has 0 saturated heterocycles. The van der Waals surface area contributed by atoms with Crippen LogP contribution in [-0.2, 0) is 9.53 Å². The molecule has 140 valence electrons. The van der Waals surface area contributed by atoms with Crippen molar-refractivity contribution in [1.82, 2.24) is 5.32 Å². The van der Waals surface area contributed by atoms with Crippen molar-refractivity contribution in [1.29, 1.82) is 0 Å². The third-order valence-electron chi connectivity index (χ3n) is 6.25. The normalized spacial score (nSPS) is 35.4. The average Bonchev–Trinajstić information content (AvgIpc) is 2.76. The van der Waals surface area contributed by atoms with Crippen LogP contribution in [0.25, 0.3) is 0 Å². The lowest BCUT2D eigenvalue weighted by molar-refractivity contribution is -0.138. The van der Waals surface area contributed by atoms with Crippen molar-refractivity contribution < 1.29 is 9.53 Å². The number of nitrogens with one attached hydrogen (secondary N) is 1. The number of halogens is 1. The fourth-order valence-electron chi connectivity index (χ4n) is 5.03. The molecular weight excluding hydrogens is 324 g/mol. The van der Waals surface area contributed by atoms with Crippen molar-refractivity contribution in [3.63, 3.8) is 0 Å². The van der Waals surface area contributed by atoms with Gasteiger partial charge < -0.3 is 15.8 Å². The summed E-state index contributed by atoms with van der Waals surface area (Å²) in [6.07, 6.45) is 13.1. The van der Waals surface area contributed by atoms with Gasteiger partial charge in [-0.05, 0) is 57.3 Å². The number of carbonyl (C=O) groups excluding carboxylic acids is 1. The Bertz CT molecular complexity index is 385. The van der Waals surface area contributed by atoms with Crippen LogP contribution in [0.15, 0.2) is 0 Å². The smallest absolute Gasteiger partial charge is 0.249 e. The molecule has 5 heteroatoms. The molecule has 3 rings (SSSR count). The van der Waals surface area contributed by atoms with Gasteiger partial charge in [0.25, 0.3) is 0 Å². The topological polar surface area (TPSA) is 64.3 Å². The van der Waals surface area contributed by atoms with Crippen LogP contribution in [0.2, 0.25) is 0 Å². The molecule has 0 radical (unpaired) electrons. The van der Waals surface area contributed by atoms with Gasteiger partial charge >= 0.3 is 0 Å². The maximum absolute atomic E-state index is 12.6. The highest BCUT2D eigenvalue weighted by Gasteiger charge is 2.40. The molecule has 2 bridgehead atoms. The Kier molecular flexibility index (Phi) is 7.83. The van der Waals surface area contributed by atoms with E-state index in [9.17, 15) is 4.79 Å². The standard InChI is InChI=1S/C19H34N2O2.ClH/c1-13(23-17-9-4-2-3-5-10-17)19(22)21-18-14-7-6-8-15(18)12-16(20)11-14;/h13-18H,2-12,20H2,1H3,(H,21,22);1H. The zero-order valence-corrected chi connectivity index (χ0v) is 15.9. The van der Waals surface area contributed by atoms with Crippen LogP contribution in [0.4, 0.5) is 0 Å². The van der Waals surface area contributed by atoms with Gasteiger partial charge in [-0.3, -0.25) is 4.79 Å². The second-order valence-electron chi connectivity index (χ2n) is 8.11. The van der Waals surface area contributed by atoms with Crippen molar-refractivity contribution in [2.75, 3.05) is 0 Å². The van der Waals surface area contributed by atoms with Crippen LogP contribution in [0.3, 0.4) is 0 Å². The number of rotatable bonds is 4. The number of amides is 1. The van der Waals surface area contributed by atoms with Crippen LogP contribution in [0.1, 0.15) is 77.6 Å². The highest BCUT2D eigenvalue weighted by atomic mass is 35.5. The first-order valence-corrected chi connectivity index (χ1v) is 9.85. The number of ether oxygens (including phenoxy) is 1. The molecule has 3 aliphatic rings. The fourth-order valence-corrected chi connectivity index (χ4v) is 5.03. The van der Waals surface area contributed by atoms with Crippen molar-refractivity contribution >= 4 is 18.3 Å². The SMILES string of the molecule is CC(OC1CCCCCC1)C(=O)NC1C2CCCC1CC(N)C2.Cl. The van der Waals surface area contributed by atoms with Gasteiger partial charge in [-0.1, -0.05) is 32.1 Å². The van der Waals surface area contributed by atoms with Crippen molar-refractivity contribution in [3.05, 3.63) is 0 Å². The van der Waals surface area contributed by atoms with Gasteiger partial charge in [0.1, 0.15) is 6.10 Å². The van der Waals surface area contributed by atoms with E-state index in [0.717, 1.165) is 25.7 Å². The van der Waals surface area contributed by atoms with Gasteiger partial charge in [0.05, 0.1) is 6.10 Å². The highest BCUT2D eigenvalue weighted by Crippen LogP contribution is 2.39. The fraction of sp³-hybridized carbons (Fsp3) is 0.947. The molecule has 0 aromatic rings. The number of carbonyl (C=O) groups is 1. The largest absolute Gasteiger partial charge is 0.365 e. The van der Waals surface area contributed by atoms with E-state index >= 15 is 0 Å². The van der Waals surface area contributed by atoms with Crippen LogP contribution >= 0.6 is 12.4 Å². The Morgan fingerprint density at radius 3 is 2.17 bits per heavy atom. The van der Waals surface area contributed by atoms with Gasteiger partial charge in [0.2, 0.25) is 5.91 Å². The molecular formula is C19H35ClN2O2. The molecule has 0 aromatic heterocycles. The Morgan fingerprint density at radius 2 is 1.58 bits per heavy atom. The Labute approximate surface area is 153 Å². The molecule has 4 nitrogen and oxygen atoms in total. The van der Waals surface area contributed by atoms with E-state index in [2.05, 4.69) is 5.32 Å². The Hall–Kier alpha value is -0.320. The molecule has 0 spiro atoms. The van der Waals surface area contributed by atoms with Gasteiger partial charge in [-0.25, -0.2) is 0 Å². The monoisotopic (exact) mass is 358 g/mol. The third kappa shape index (κ3) is 5.09. The van der Waals surface area contributed by atoms with Crippen LogP contribution in [0.5, 0.6) is 0 Å². The lowest BCUT2D eigenvalue weighted by Gasteiger charge is -2.45. The van der Waals surface area contributed by atoms with Crippen LogP contribution < -0.4 is 11.1 Å². The van der Waals surface area contributed by atoms with Crippen LogP contribution in [0, 0.1) is 11.8 Å². The van der Waals surface area contributed by atoms with E-state index < -0.39 is 0 Å². The summed E-state index contributed by atoms with van der Waals surface area (Å²) in [5.41, 5.74) is 6.18. The molecule has 3 fully saturated rings. The van der Waals surface area contributed by atoms with E-state index in [1.807, 2.05) is 6.92 Å². The molecule has 0 aromatic carbocycles. The molecule has 1 amide bonds. The lowest BCUT2D eigenvalue weighted by Crippen LogP contribution is -2.55. The summed E-state index contributed by atoms with van der Waals surface area (Å²) >= 11 is 0. The summed E-state index contributed by atoms with van der Waals surface area (Å²) in [5.74, 6) is 1.24. The number of hydrogen-bond donors (Lipinski definition) is 2. The summed E-state index contributed by atoms with van der Waals surface area (Å²) in [5, 5.41) is 3.33. The average molecular weight is 359 g/mol. The molecule has 24 heavy (non-hydrogen) atoms. The van der Waals surface area contributed by atoms with E-state index in [-0.39, 0.29) is 30.5 Å². The zero-order valence-electron chi connectivity index (χ0n) is 15.0. The van der Waals surface area contributed by atoms with Gasteiger partial charge in [0.15, 0.2) is 0 Å². The number of fused-ring (bicyclic) bond motifs is 2. The highest BCUT2D eigenvalue weighted by molar-refractivity contribution is 5.85. The minimum Gasteiger partial charge on any atom is -0.365 e. The summed E-state index contributed by atoms with van der Waals surface area (Å²) in [4.78, 5) is 12.6. The first-order chi connectivity index (χ1) is 11.1. The summed E-state index contributed by atoms with van der Waals surface area (Å²) < 4.78 is 6.08. The lowest BCUT2D eigenvalue weighted by atomic mass is 9.67. The number of nitrogens with two attached hydrogens (primary N) is 1. The molecule has 3 atom stereocenters. The van der Waals surface area contributed by atoms with E-state index in [4.69, 9.17) is 10.5 Å². The summed E-state index contributed by atoms with van der Waals surface area (Å²) in [6.45, 7) is 1.92. The molecule has 3 aliphatic carbocycles. The predicted molar refractivity (Wildman–Crippen MR) is 99.3 cm³/mol.